The van der Waals surface area contributed by atoms with Crippen LogP contribution < -0.4 is 5.32 Å². The number of aryl methyl sites for hydroxylation is 1. The van der Waals surface area contributed by atoms with Crippen molar-refractivity contribution in [2.75, 3.05) is 5.32 Å². The van der Waals surface area contributed by atoms with Crippen LogP contribution in [0.5, 0.6) is 0 Å². The average molecular weight is 375 g/mol. The van der Waals surface area contributed by atoms with E-state index in [0.717, 1.165) is 9.26 Å². The van der Waals surface area contributed by atoms with Crippen molar-refractivity contribution < 1.29 is 14.3 Å². The van der Waals surface area contributed by atoms with Crippen molar-refractivity contribution in [1.29, 1.82) is 0 Å². The molecule has 0 saturated carbocycles. The number of aromatic nitrogens is 2. The van der Waals surface area contributed by atoms with E-state index in [1.807, 2.05) is 22.6 Å². The third-order valence-corrected chi connectivity index (χ3v) is 3.56. The summed E-state index contributed by atoms with van der Waals surface area (Å²) in [5.41, 5.74) is 1.47. The van der Waals surface area contributed by atoms with Crippen molar-refractivity contribution in [3.8, 4) is 0 Å². The standard InChI is InChI=1S/C12H11FIN3O2/c1-17-11(8(5-16-17)12(18)19)6-15-10-3-2-7(13)4-9(10)14/h2-5,15H,6H2,1H3,(H,18,19). The number of nitrogens with zero attached hydrogens (tertiary/aromatic N) is 2. The first-order valence-electron chi connectivity index (χ1n) is 5.42. The number of benzene rings is 1. The summed E-state index contributed by atoms with van der Waals surface area (Å²) in [4.78, 5) is 11.0. The molecule has 2 aromatic rings. The Labute approximate surface area is 122 Å². The predicted octanol–water partition coefficient (Wildman–Crippen LogP) is 2.47. The molecule has 7 heteroatoms. The Morgan fingerprint density at radius 2 is 2.32 bits per heavy atom. The van der Waals surface area contributed by atoms with E-state index in [4.69, 9.17) is 5.11 Å². The molecule has 5 nitrogen and oxygen atoms in total. The molecule has 0 unspecified atom stereocenters. The van der Waals surface area contributed by atoms with Crippen LogP contribution in [0.25, 0.3) is 0 Å². The van der Waals surface area contributed by atoms with Gasteiger partial charge in [0.05, 0.1) is 18.4 Å². The molecule has 0 aliphatic carbocycles. The second-order valence-electron chi connectivity index (χ2n) is 3.91. The highest BCUT2D eigenvalue weighted by atomic mass is 127. The maximum atomic E-state index is 13.0. The number of hydrogen-bond donors (Lipinski definition) is 2. The smallest absolute Gasteiger partial charge is 0.339 e. The van der Waals surface area contributed by atoms with Crippen molar-refractivity contribution >= 4 is 34.2 Å². The molecule has 1 aromatic carbocycles. The Kier molecular flexibility index (Phi) is 4.03. The molecule has 0 atom stereocenters. The molecule has 0 saturated heterocycles. The largest absolute Gasteiger partial charge is 0.478 e. The van der Waals surface area contributed by atoms with Crippen LogP contribution in [-0.4, -0.2) is 20.9 Å². The van der Waals surface area contributed by atoms with Gasteiger partial charge in [-0.25, -0.2) is 9.18 Å². The second-order valence-corrected chi connectivity index (χ2v) is 5.07. The SMILES string of the molecule is Cn1ncc(C(=O)O)c1CNc1ccc(F)cc1I. The van der Waals surface area contributed by atoms with Gasteiger partial charge < -0.3 is 10.4 Å². The zero-order valence-corrected chi connectivity index (χ0v) is 12.2. The maximum Gasteiger partial charge on any atom is 0.339 e. The monoisotopic (exact) mass is 375 g/mol. The van der Waals surface area contributed by atoms with Gasteiger partial charge in [0, 0.05) is 16.3 Å². The van der Waals surface area contributed by atoms with Gasteiger partial charge in [-0.3, -0.25) is 4.68 Å². The van der Waals surface area contributed by atoms with Gasteiger partial charge in [-0.05, 0) is 40.8 Å². The summed E-state index contributed by atoms with van der Waals surface area (Å²) in [6, 6.07) is 4.38. The summed E-state index contributed by atoms with van der Waals surface area (Å²) in [7, 11) is 1.68. The Hall–Kier alpha value is -1.64. The normalized spacial score (nSPS) is 10.5. The Bertz CT molecular complexity index is 627. The van der Waals surface area contributed by atoms with Gasteiger partial charge in [-0.1, -0.05) is 0 Å². The molecule has 100 valence electrons. The molecular weight excluding hydrogens is 364 g/mol. The molecule has 0 bridgehead atoms. The minimum Gasteiger partial charge on any atom is -0.478 e. The summed E-state index contributed by atoms with van der Waals surface area (Å²) >= 11 is 2.02. The molecule has 0 fully saturated rings. The maximum absolute atomic E-state index is 13.0. The number of nitrogens with one attached hydrogen (secondary N) is 1. The van der Waals surface area contributed by atoms with Crippen LogP contribution in [-0.2, 0) is 13.6 Å². The number of carbonyl (C=O) groups is 1. The van der Waals surface area contributed by atoms with Gasteiger partial charge in [0.15, 0.2) is 0 Å². The van der Waals surface area contributed by atoms with Gasteiger partial charge in [-0.2, -0.15) is 5.10 Å². The van der Waals surface area contributed by atoms with E-state index in [9.17, 15) is 9.18 Å². The number of anilines is 1. The fourth-order valence-corrected chi connectivity index (χ4v) is 2.33. The quantitative estimate of drug-likeness (QED) is 0.806. The minimum absolute atomic E-state index is 0.159. The van der Waals surface area contributed by atoms with Crippen molar-refractivity contribution in [3.63, 3.8) is 0 Å². The van der Waals surface area contributed by atoms with E-state index in [1.54, 1.807) is 13.1 Å². The number of carboxylic acids is 1. The van der Waals surface area contributed by atoms with Crippen molar-refractivity contribution in [2.45, 2.75) is 6.54 Å². The average Bonchev–Trinajstić information content (AvgIpc) is 2.70. The lowest BCUT2D eigenvalue weighted by Crippen LogP contribution is -2.10. The molecule has 2 N–H and O–H groups in total. The molecular formula is C12H11FIN3O2. The van der Waals surface area contributed by atoms with Crippen molar-refractivity contribution in [2.24, 2.45) is 7.05 Å². The zero-order valence-electron chi connectivity index (χ0n) is 10.0. The first-order chi connectivity index (χ1) is 8.99. The zero-order chi connectivity index (χ0) is 14.0. The molecule has 2 rings (SSSR count). The van der Waals surface area contributed by atoms with Crippen molar-refractivity contribution in [3.05, 3.63) is 45.0 Å². The lowest BCUT2D eigenvalue weighted by Gasteiger charge is -2.09. The third-order valence-electron chi connectivity index (χ3n) is 2.67. The van der Waals surface area contributed by atoms with Gasteiger partial charge in [0.2, 0.25) is 0 Å². The van der Waals surface area contributed by atoms with E-state index in [2.05, 4.69) is 10.4 Å². The van der Waals surface area contributed by atoms with E-state index in [-0.39, 0.29) is 11.4 Å². The number of hydrogen-bond acceptors (Lipinski definition) is 3. The van der Waals surface area contributed by atoms with Crippen LogP contribution in [0.2, 0.25) is 0 Å². The third kappa shape index (κ3) is 3.03. The lowest BCUT2D eigenvalue weighted by atomic mass is 10.2. The Morgan fingerprint density at radius 3 is 2.95 bits per heavy atom. The Balaban J connectivity index is 2.19. The van der Waals surface area contributed by atoms with Gasteiger partial charge in [0.1, 0.15) is 11.4 Å². The fraction of sp³-hybridized carbons (Fsp3) is 0.167. The molecule has 1 aromatic heterocycles. The molecule has 19 heavy (non-hydrogen) atoms. The number of halogens is 2. The predicted molar refractivity (Wildman–Crippen MR) is 76.6 cm³/mol. The number of rotatable bonds is 4. The summed E-state index contributed by atoms with van der Waals surface area (Å²) < 4.78 is 15.2. The molecule has 0 aliphatic rings. The van der Waals surface area contributed by atoms with Crippen LogP contribution >= 0.6 is 22.6 Å². The molecule has 0 spiro atoms. The number of aromatic carboxylic acids is 1. The van der Waals surface area contributed by atoms with Crippen LogP contribution in [0.3, 0.4) is 0 Å². The van der Waals surface area contributed by atoms with Crippen LogP contribution in [0.15, 0.2) is 24.4 Å². The van der Waals surface area contributed by atoms with E-state index in [0.29, 0.717) is 12.2 Å². The lowest BCUT2D eigenvalue weighted by molar-refractivity contribution is 0.0695. The van der Waals surface area contributed by atoms with Gasteiger partial charge >= 0.3 is 5.97 Å². The highest BCUT2D eigenvalue weighted by Crippen LogP contribution is 2.20. The summed E-state index contributed by atoms with van der Waals surface area (Å²) in [6.07, 6.45) is 1.31. The van der Waals surface area contributed by atoms with E-state index >= 15 is 0 Å². The Morgan fingerprint density at radius 1 is 1.58 bits per heavy atom. The summed E-state index contributed by atoms with van der Waals surface area (Å²) in [5.74, 6) is -1.32. The first-order valence-corrected chi connectivity index (χ1v) is 6.50. The fourth-order valence-electron chi connectivity index (χ4n) is 1.66. The van der Waals surface area contributed by atoms with Gasteiger partial charge in [-0.15, -0.1) is 0 Å². The molecule has 0 aliphatic heterocycles. The van der Waals surface area contributed by atoms with E-state index < -0.39 is 5.97 Å². The van der Waals surface area contributed by atoms with Crippen LogP contribution in [0.1, 0.15) is 16.1 Å². The minimum atomic E-state index is -1.02. The van der Waals surface area contributed by atoms with E-state index in [1.165, 1.54) is 23.0 Å². The van der Waals surface area contributed by atoms with Crippen molar-refractivity contribution in [1.82, 2.24) is 9.78 Å². The highest BCUT2D eigenvalue weighted by molar-refractivity contribution is 14.1. The molecule has 0 amide bonds. The number of carboxylic acid groups (broad SMARTS) is 1. The summed E-state index contributed by atoms with van der Waals surface area (Å²) in [6.45, 7) is 0.305. The van der Waals surface area contributed by atoms with Gasteiger partial charge in [0.25, 0.3) is 0 Å². The molecule has 1 heterocycles. The highest BCUT2D eigenvalue weighted by Gasteiger charge is 2.14. The van der Waals surface area contributed by atoms with Crippen LogP contribution in [0.4, 0.5) is 10.1 Å². The second kappa shape index (κ2) is 5.55. The van der Waals surface area contributed by atoms with Crippen LogP contribution in [0, 0.1) is 9.39 Å². The summed E-state index contributed by atoms with van der Waals surface area (Å²) in [5, 5.41) is 16.0. The first kappa shape index (κ1) is 13.8. The topological polar surface area (TPSA) is 67.2 Å². The molecule has 0 radical (unpaired) electrons.